The van der Waals surface area contributed by atoms with Crippen molar-refractivity contribution in [3.05, 3.63) is 89.1 Å². The Balaban J connectivity index is 1.08. The van der Waals surface area contributed by atoms with E-state index in [1.807, 2.05) is 29.2 Å². The Bertz CT molecular complexity index is 1330. The molecule has 0 radical (unpaired) electrons. The molecular formula is C30H34ClF3N6S. The molecule has 2 aromatic carbocycles. The summed E-state index contributed by atoms with van der Waals surface area (Å²) in [6.07, 6.45) is -2.36. The van der Waals surface area contributed by atoms with E-state index in [4.69, 9.17) is 17.3 Å². The zero-order valence-corrected chi connectivity index (χ0v) is 24.3. The van der Waals surface area contributed by atoms with E-state index in [1.54, 1.807) is 11.9 Å². The van der Waals surface area contributed by atoms with E-state index in [1.165, 1.54) is 5.56 Å². The fourth-order valence-electron chi connectivity index (χ4n) is 5.04. The van der Waals surface area contributed by atoms with E-state index in [0.717, 1.165) is 66.5 Å². The minimum atomic E-state index is -4.46. The fraction of sp³-hybridized carbons (Fsp3) is 0.367. The van der Waals surface area contributed by atoms with Crippen LogP contribution in [-0.2, 0) is 12.6 Å². The molecule has 0 amide bonds. The monoisotopic (exact) mass is 602 g/mol. The number of likely N-dealkylation sites (tertiary alicyclic amines) is 1. The van der Waals surface area contributed by atoms with Crippen LogP contribution < -0.4 is 16.0 Å². The van der Waals surface area contributed by atoms with E-state index in [0.29, 0.717) is 32.2 Å². The van der Waals surface area contributed by atoms with Crippen LogP contribution in [0.4, 0.5) is 24.7 Å². The van der Waals surface area contributed by atoms with Gasteiger partial charge in [0.2, 0.25) is 0 Å². The lowest BCUT2D eigenvalue weighted by atomic mass is 10.1. The number of aromatic nitrogens is 1. The highest BCUT2D eigenvalue weighted by molar-refractivity contribution is 7.97. The third kappa shape index (κ3) is 8.17. The largest absolute Gasteiger partial charge is 0.416 e. The Morgan fingerprint density at radius 1 is 1.02 bits per heavy atom. The number of alkyl halides is 3. The second-order valence-corrected chi connectivity index (χ2v) is 12.0. The first-order valence-corrected chi connectivity index (χ1v) is 14.8. The van der Waals surface area contributed by atoms with Crippen LogP contribution in [0.15, 0.2) is 72.1 Å². The predicted octanol–water partition coefficient (Wildman–Crippen LogP) is 6.24. The van der Waals surface area contributed by atoms with E-state index >= 15 is 0 Å². The maximum atomic E-state index is 13.2. The third-order valence-corrected chi connectivity index (χ3v) is 8.68. The van der Waals surface area contributed by atoms with Crippen molar-refractivity contribution in [1.29, 1.82) is 0 Å². The number of pyridine rings is 1. The summed E-state index contributed by atoms with van der Waals surface area (Å²) in [5, 5.41) is 3.24. The standard InChI is InChI=1S/C30H34ClF3N6S/c1-21(23-4-2-22(3-5-23)10-12-38-13-11-25(35)20-38)36-26-6-8-27(9-7-26)41-40-16-14-39(15-17-40)29-19-24(30(32,33)34)18-28(31)37-29/h2-9,18-19,25,36H,1,10-17,20,35H2. The van der Waals surface area contributed by atoms with Crippen molar-refractivity contribution in [1.82, 2.24) is 14.2 Å². The molecule has 0 aliphatic carbocycles. The van der Waals surface area contributed by atoms with Gasteiger partial charge >= 0.3 is 6.18 Å². The van der Waals surface area contributed by atoms with Gasteiger partial charge in [0, 0.05) is 61.6 Å². The van der Waals surface area contributed by atoms with Crippen molar-refractivity contribution in [2.45, 2.75) is 30.0 Å². The number of rotatable bonds is 9. The molecule has 3 N–H and O–H groups in total. The molecule has 2 saturated heterocycles. The SMILES string of the molecule is C=C(Nc1ccc(SN2CCN(c3cc(C(F)(F)F)cc(Cl)n3)CC2)cc1)c1ccc(CCN2CCC(N)C2)cc1. The van der Waals surface area contributed by atoms with E-state index in [2.05, 4.69) is 50.4 Å². The number of hydrogen-bond donors (Lipinski definition) is 2. The lowest BCUT2D eigenvalue weighted by Gasteiger charge is -2.34. The van der Waals surface area contributed by atoms with Crippen LogP contribution in [0.2, 0.25) is 5.15 Å². The summed E-state index contributed by atoms with van der Waals surface area (Å²) in [4.78, 5) is 9.46. The minimum absolute atomic E-state index is 0.154. The summed E-state index contributed by atoms with van der Waals surface area (Å²) in [6, 6.07) is 18.9. The quantitative estimate of drug-likeness (QED) is 0.222. The summed E-state index contributed by atoms with van der Waals surface area (Å²) in [7, 11) is 0. The van der Waals surface area contributed by atoms with Gasteiger partial charge in [0.15, 0.2) is 0 Å². The number of nitrogens with one attached hydrogen (secondary N) is 1. The normalized spacial score (nSPS) is 18.6. The predicted molar refractivity (Wildman–Crippen MR) is 162 cm³/mol. The van der Waals surface area contributed by atoms with Gasteiger partial charge in [0.25, 0.3) is 0 Å². The highest BCUT2D eigenvalue weighted by atomic mass is 35.5. The molecule has 218 valence electrons. The van der Waals surface area contributed by atoms with Crippen LogP contribution in [0, 0.1) is 0 Å². The lowest BCUT2D eigenvalue weighted by Crippen LogP contribution is -2.43. The summed E-state index contributed by atoms with van der Waals surface area (Å²) >= 11 is 7.50. The van der Waals surface area contributed by atoms with Crippen molar-refractivity contribution in [2.75, 3.05) is 56.0 Å². The summed E-state index contributed by atoms with van der Waals surface area (Å²) in [5.74, 6) is 0.257. The molecule has 2 aliphatic rings. The number of benzene rings is 2. The number of anilines is 2. The van der Waals surface area contributed by atoms with Gasteiger partial charge in [-0.05, 0) is 78.9 Å². The summed E-state index contributed by atoms with van der Waals surface area (Å²) in [5.41, 5.74) is 9.36. The smallest absolute Gasteiger partial charge is 0.356 e. The Hall–Kier alpha value is -2.76. The molecule has 0 spiro atoms. The molecule has 0 saturated carbocycles. The molecule has 0 bridgehead atoms. The number of halogens is 4. The number of piperazine rings is 1. The molecular weight excluding hydrogens is 569 g/mol. The van der Waals surface area contributed by atoms with Gasteiger partial charge in [-0.25, -0.2) is 9.29 Å². The molecule has 41 heavy (non-hydrogen) atoms. The second kappa shape index (κ2) is 13.0. The van der Waals surface area contributed by atoms with Gasteiger partial charge in [-0.3, -0.25) is 0 Å². The van der Waals surface area contributed by atoms with Gasteiger partial charge in [0.05, 0.1) is 5.56 Å². The van der Waals surface area contributed by atoms with E-state index < -0.39 is 11.7 Å². The number of nitrogens with zero attached hydrogens (tertiary/aromatic N) is 4. The summed E-state index contributed by atoms with van der Waals surface area (Å²) in [6.45, 7) is 9.80. The zero-order valence-electron chi connectivity index (χ0n) is 22.7. The average molecular weight is 603 g/mol. The first kappa shape index (κ1) is 29.7. The molecule has 11 heteroatoms. The molecule has 1 unspecified atom stereocenters. The maximum Gasteiger partial charge on any atom is 0.416 e. The Kier molecular flexibility index (Phi) is 9.45. The third-order valence-electron chi connectivity index (χ3n) is 7.38. The number of hydrogen-bond acceptors (Lipinski definition) is 7. The van der Waals surface area contributed by atoms with Crippen LogP contribution in [0.3, 0.4) is 0 Å². The average Bonchev–Trinajstić information content (AvgIpc) is 3.38. The molecule has 3 aromatic rings. The van der Waals surface area contributed by atoms with Crippen LogP contribution in [0.25, 0.3) is 5.70 Å². The lowest BCUT2D eigenvalue weighted by molar-refractivity contribution is -0.137. The van der Waals surface area contributed by atoms with Gasteiger partial charge in [-0.1, -0.05) is 42.4 Å². The highest BCUT2D eigenvalue weighted by Gasteiger charge is 2.32. The number of nitrogens with two attached hydrogens (primary N) is 1. The Morgan fingerprint density at radius 2 is 1.73 bits per heavy atom. The topological polar surface area (TPSA) is 60.7 Å². The van der Waals surface area contributed by atoms with Gasteiger partial charge in [-0.2, -0.15) is 13.2 Å². The van der Waals surface area contributed by atoms with Crippen molar-refractivity contribution in [2.24, 2.45) is 5.73 Å². The fourth-order valence-corrected chi connectivity index (χ4v) is 6.14. The van der Waals surface area contributed by atoms with E-state index in [9.17, 15) is 13.2 Å². The Morgan fingerprint density at radius 3 is 2.37 bits per heavy atom. The molecule has 3 heterocycles. The van der Waals surface area contributed by atoms with Crippen molar-refractivity contribution in [3.63, 3.8) is 0 Å². The van der Waals surface area contributed by atoms with E-state index in [-0.39, 0.29) is 11.0 Å². The summed E-state index contributed by atoms with van der Waals surface area (Å²) < 4.78 is 41.7. The molecule has 5 rings (SSSR count). The van der Waals surface area contributed by atoms with Gasteiger partial charge < -0.3 is 20.9 Å². The van der Waals surface area contributed by atoms with Gasteiger partial charge in [0.1, 0.15) is 11.0 Å². The van der Waals surface area contributed by atoms with Crippen LogP contribution in [0.1, 0.15) is 23.1 Å². The van der Waals surface area contributed by atoms with Crippen molar-refractivity contribution >= 4 is 40.8 Å². The highest BCUT2D eigenvalue weighted by Crippen LogP contribution is 2.34. The molecule has 1 aromatic heterocycles. The first-order chi connectivity index (χ1) is 19.6. The molecule has 2 aliphatic heterocycles. The maximum absolute atomic E-state index is 13.2. The van der Waals surface area contributed by atoms with Crippen molar-refractivity contribution < 1.29 is 13.2 Å². The molecule has 6 nitrogen and oxygen atoms in total. The van der Waals surface area contributed by atoms with Crippen molar-refractivity contribution in [3.8, 4) is 0 Å². The first-order valence-electron chi connectivity index (χ1n) is 13.7. The van der Waals surface area contributed by atoms with Crippen LogP contribution >= 0.6 is 23.5 Å². The van der Waals surface area contributed by atoms with Gasteiger partial charge in [-0.15, -0.1) is 0 Å². The van der Waals surface area contributed by atoms with Crippen LogP contribution in [-0.4, -0.2) is 66.0 Å². The minimum Gasteiger partial charge on any atom is -0.356 e. The Labute approximate surface area is 248 Å². The molecule has 2 fully saturated rings. The van der Waals surface area contributed by atoms with Crippen LogP contribution in [0.5, 0.6) is 0 Å². The second-order valence-electron chi connectivity index (χ2n) is 10.5. The molecule has 1 atom stereocenters. The zero-order chi connectivity index (χ0) is 29.0.